The molecule has 5 nitrogen and oxygen atoms in total. The van der Waals surface area contributed by atoms with Crippen molar-refractivity contribution in [3.63, 3.8) is 0 Å². The van der Waals surface area contributed by atoms with Gasteiger partial charge in [0.25, 0.3) is 0 Å². The molecule has 4 aliphatic carbocycles. The summed E-state index contributed by atoms with van der Waals surface area (Å²) < 4.78 is 11.3. The SMILES string of the molecule is COC1=CC2=C(C=O)CC3C(CCC4(C)C3CC[C@]4(OC(C)=O)C(C)=O)C2(C)CC1. The van der Waals surface area contributed by atoms with Crippen LogP contribution in [0.25, 0.3) is 0 Å². The van der Waals surface area contributed by atoms with Crippen LogP contribution < -0.4 is 0 Å². The smallest absolute Gasteiger partial charge is 0.303 e. The van der Waals surface area contributed by atoms with E-state index in [1.54, 1.807) is 14.0 Å². The highest BCUT2D eigenvalue weighted by Gasteiger charge is 2.67. The number of methoxy groups -OCH3 is 1. The minimum Gasteiger partial charge on any atom is -0.501 e. The lowest BCUT2D eigenvalue weighted by Crippen LogP contribution is -2.58. The van der Waals surface area contributed by atoms with E-state index < -0.39 is 5.60 Å². The molecule has 4 rings (SSSR count). The molecule has 0 aliphatic heterocycles. The molecular formula is C25H34O5. The number of aldehydes is 1. The number of ketones is 1. The Hall–Kier alpha value is -1.91. The van der Waals surface area contributed by atoms with Crippen LogP contribution in [-0.4, -0.2) is 30.7 Å². The summed E-state index contributed by atoms with van der Waals surface area (Å²) in [4.78, 5) is 36.9. The molecule has 0 radical (unpaired) electrons. The number of hydrogen-bond acceptors (Lipinski definition) is 5. The van der Waals surface area contributed by atoms with Crippen LogP contribution in [0.1, 0.15) is 72.6 Å². The maximum Gasteiger partial charge on any atom is 0.303 e. The van der Waals surface area contributed by atoms with Crippen molar-refractivity contribution in [3.8, 4) is 0 Å². The zero-order chi connectivity index (χ0) is 21.9. The lowest BCUT2D eigenvalue weighted by atomic mass is 9.46. The third-order valence-corrected chi connectivity index (χ3v) is 9.28. The predicted octanol–water partition coefficient (Wildman–Crippen LogP) is 4.55. The zero-order valence-electron chi connectivity index (χ0n) is 18.9. The number of fused-ring (bicyclic) bond motifs is 5. The van der Waals surface area contributed by atoms with Gasteiger partial charge < -0.3 is 9.47 Å². The number of carbonyl (C=O) groups excluding carboxylic acids is 3. The van der Waals surface area contributed by atoms with Crippen LogP contribution >= 0.6 is 0 Å². The van der Waals surface area contributed by atoms with Crippen molar-refractivity contribution in [3.05, 3.63) is 23.0 Å². The van der Waals surface area contributed by atoms with E-state index in [1.807, 2.05) is 0 Å². The van der Waals surface area contributed by atoms with Gasteiger partial charge in [0.15, 0.2) is 11.4 Å². The Kier molecular flexibility index (Phi) is 5.02. The van der Waals surface area contributed by atoms with Crippen LogP contribution in [0.15, 0.2) is 23.0 Å². The van der Waals surface area contributed by atoms with Crippen molar-refractivity contribution in [1.82, 2.24) is 0 Å². The molecule has 4 aliphatic rings. The van der Waals surface area contributed by atoms with Crippen LogP contribution in [0, 0.1) is 28.6 Å². The molecule has 0 bridgehead atoms. The van der Waals surface area contributed by atoms with Gasteiger partial charge in [-0.2, -0.15) is 0 Å². The number of allylic oxidation sites excluding steroid dienone is 4. The molecule has 0 N–H and O–H groups in total. The molecule has 2 saturated carbocycles. The maximum atomic E-state index is 12.8. The van der Waals surface area contributed by atoms with E-state index in [2.05, 4.69) is 19.9 Å². The van der Waals surface area contributed by atoms with E-state index >= 15 is 0 Å². The summed E-state index contributed by atoms with van der Waals surface area (Å²) in [5.41, 5.74) is 0.573. The first kappa shape index (κ1) is 21.3. The van der Waals surface area contributed by atoms with Crippen molar-refractivity contribution in [2.45, 2.75) is 78.2 Å². The molecule has 0 aromatic carbocycles. The Bertz CT molecular complexity index is 854. The van der Waals surface area contributed by atoms with E-state index in [0.717, 1.165) is 61.7 Å². The Morgan fingerprint density at radius 3 is 2.40 bits per heavy atom. The van der Waals surface area contributed by atoms with E-state index in [9.17, 15) is 14.4 Å². The largest absolute Gasteiger partial charge is 0.501 e. The average molecular weight is 415 g/mol. The van der Waals surface area contributed by atoms with Gasteiger partial charge >= 0.3 is 5.97 Å². The second-order valence-electron chi connectivity index (χ2n) is 10.3. The van der Waals surface area contributed by atoms with Crippen LogP contribution in [-0.2, 0) is 23.9 Å². The van der Waals surface area contributed by atoms with E-state index in [1.165, 1.54) is 6.92 Å². The van der Waals surface area contributed by atoms with Crippen molar-refractivity contribution in [2.24, 2.45) is 28.6 Å². The molecular weight excluding hydrogens is 380 g/mol. The summed E-state index contributed by atoms with van der Waals surface area (Å²) in [6.07, 6.45) is 9.03. The number of ether oxygens (including phenoxy) is 2. The molecule has 30 heavy (non-hydrogen) atoms. The number of rotatable bonds is 4. The van der Waals surface area contributed by atoms with Gasteiger partial charge in [0, 0.05) is 18.8 Å². The lowest BCUT2D eigenvalue weighted by molar-refractivity contribution is -0.186. The fourth-order valence-corrected chi connectivity index (χ4v) is 7.82. The Balaban J connectivity index is 1.78. The molecule has 0 saturated heterocycles. The van der Waals surface area contributed by atoms with E-state index in [0.29, 0.717) is 18.3 Å². The number of hydrogen-bond donors (Lipinski definition) is 0. The molecule has 6 atom stereocenters. The van der Waals surface area contributed by atoms with Gasteiger partial charge in [-0.3, -0.25) is 14.4 Å². The highest BCUT2D eigenvalue weighted by Crippen LogP contribution is 2.68. The molecule has 0 heterocycles. The average Bonchev–Trinajstić information content (AvgIpc) is 3.00. The van der Waals surface area contributed by atoms with Gasteiger partial charge in [0.2, 0.25) is 0 Å². The van der Waals surface area contributed by atoms with Crippen LogP contribution in [0.2, 0.25) is 0 Å². The molecule has 0 aromatic heterocycles. The number of carbonyl (C=O) groups is 3. The Morgan fingerprint density at radius 1 is 1.10 bits per heavy atom. The lowest BCUT2D eigenvalue weighted by Gasteiger charge is -2.58. The fraction of sp³-hybridized carbons (Fsp3) is 0.720. The first-order valence-electron chi connectivity index (χ1n) is 11.3. The minimum atomic E-state index is -1.03. The van der Waals surface area contributed by atoms with Gasteiger partial charge in [-0.1, -0.05) is 13.8 Å². The first-order chi connectivity index (χ1) is 14.1. The maximum absolute atomic E-state index is 12.8. The summed E-state index contributed by atoms with van der Waals surface area (Å²) in [6, 6.07) is 0. The summed E-state index contributed by atoms with van der Waals surface area (Å²) >= 11 is 0. The van der Waals surface area contributed by atoms with Gasteiger partial charge in [0.05, 0.1) is 12.9 Å². The second-order valence-corrected chi connectivity index (χ2v) is 10.3. The van der Waals surface area contributed by atoms with Crippen LogP contribution in [0.3, 0.4) is 0 Å². The normalized spacial score (nSPS) is 42.4. The monoisotopic (exact) mass is 414 g/mol. The van der Waals surface area contributed by atoms with Crippen LogP contribution in [0.5, 0.6) is 0 Å². The molecule has 0 spiro atoms. The molecule has 2 fully saturated rings. The van der Waals surface area contributed by atoms with Gasteiger partial charge in [0.1, 0.15) is 6.29 Å². The van der Waals surface area contributed by atoms with Crippen molar-refractivity contribution >= 4 is 18.0 Å². The third kappa shape index (κ3) is 2.69. The summed E-state index contributed by atoms with van der Waals surface area (Å²) in [5.74, 6) is 1.58. The summed E-state index contributed by atoms with van der Waals surface area (Å²) in [7, 11) is 1.70. The van der Waals surface area contributed by atoms with E-state index in [-0.39, 0.29) is 28.5 Å². The van der Waals surface area contributed by atoms with Crippen LogP contribution in [0.4, 0.5) is 0 Å². The van der Waals surface area contributed by atoms with Gasteiger partial charge in [-0.15, -0.1) is 0 Å². The highest BCUT2D eigenvalue weighted by molar-refractivity contribution is 5.89. The highest BCUT2D eigenvalue weighted by atomic mass is 16.6. The minimum absolute atomic E-state index is 0.0413. The Labute approximate surface area is 179 Å². The topological polar surface area (TPSA) is 69.7 Å². The summed E-state index contributed by atoms with van der Waals surface area (Å²) in [6.45, 7) is 7.43. The first-order valence-corrected chi connectivity index (χ1v) is 11.3. The van der Waals surface area contributed by atoms with E-state index in [4.69, 9.17) is 9.47 Å². The molecule has 5 heteroatoms. The van der Waals surface area contributed by atoms with Crippen molar-refractivity contribution < 1.29 is 23.9 Å². The molecule has 0 amide bonds. The third-order valence-electron chi connectivity index (χ3n) is 9.28. The quantitative estimate of drug-likeness (QED) is 0.499. The Morgan fingerprint density at radius 2 is 1.80 bits per heavy atom. The van der Waals surface area contributed by atoms with Crippen molar-refractivity contribution in [2.75, 3.05) is 7.11 Å². The summed E-state index contributed by atoms with van der Waals surface area (Å²) in [5, 5.41) is 0. The molecule has 0 aromatic rings. The second kappa shape index (κ2) is 7.06. The van der Waals surface area contributed by atoms with Gasteiger partial charge in [-0.05, 0) is 85.8 Å². The van der Waals surface area contributed by atoms with Crippen molar-refractivity contribution in [1.29, 1.82) is 0 Å². The molecule has 5 unspecified atom stereocenters. The number of esters is 1. The predicted molar refractivity (Wildman–Crippen MR) is 112 cm³/mol. The standard InChI is InChI=1S/C25H34O5/c1-15(27)25(30-16(2)28)11-8-21-19-12-17(14-26)22-13-18(29-5)6-9-23(22,3)20(19)7-10-24(21,25)4/h13-14,19-21H,6-12H2,1-5H3/t19?,20?,21?,23?,24?,25-/m0/s1. The zero-order valence-corrected chi connectivity index (χ0v) is 18.9. The fourth-order valence-electron chi connectivity index (χ4n) is 7.82. The number of Topliss-reactive ketones (excluding diaryl/α,β-unsaturated/α-hetero) is 1. The van der Waals surface area contributed by atoms with Gasteiger partial charge in [-0.25, -0.2) is 0 Å². The molecule has 164 valence electrons.